The van der Waals surface area contributed by atoms with E-state index in [-0.39, 0.29) is 0 Å². The highest BCUT2D eigenvalue weighted by molar-refractivity contribution is 6.09. The molecule has 1 aliphatic heterocycles. The molecular formula is C21H17NO2. The lowest BCUT2D eigenvalue weighted by Crippen LogP contribution is -2.00. The summed E-state index contributed by atoms with van der Waals surface area (Å²) in [6.45, 7) is 2.03. The maximum atomic E-state index is 11.8. The molecule has 0 spiro atoms. The molecule has 0 fully saturated rings. The molecule has 3 heteroatoms. The maximum absolute atomic E-state index is 11.8. The first-order valence-electron chi connectivity index (χ1n) is 7.70. The van der Waals surface area contributed by atoms with Crippen LogP contribution in [-0.4, -0.2) is 11.9 Å². The van der Waals surface area contributed by atoms with Gasteiger partial charge in [-0.1, -0.05) is 72.3 Å². The van der Waals surface area contributed by atoms with E-state index in [2.05, 4.69) is 4.99 Å². The predicted molar refractivity (Wildman–Crippen MR) is 97.3 cm³/mol. The normalized spacial score (nSPS) is 16.1. The second-order valence-corrected chi connectivity index (χ2v) is 5.41. The largest absolute Gasteiger partial charge is 0.403 e. The lowest BCUT2D eigenvalue weighted by atomic mass is 10.1. The number of carbonyl (C=O) groups excluding carboxylic acids is 1. The number of esters is 1. The summed E-state index contributed by atoms with van der Waals surface area (Å²) in [5.41, 5.74) is 3.57. The number of hydrogen-bond donors (Lipinski definition) is 0. The van der Waals surface area contributed by atoms with E-state index >= 15 is 0 Å². The molecule has 0 amide bonds. The van der Waals surface area contributed by atoms with Gasteiger partial charge in [-0.05, 0) is 30.2 Å². The number of benzene rings is 2. The molecule has 0 saturated heterocycles. The van der Waals surface area contributed by atoms with Crippen LogP contribution in [0, 0.1) is 6.92 Å². The standard InChI is InChI=1S/C21H17NO2/c1-16-7-5-11-18(15-16)13-14-20-22-19(21(23)24-20)12-6-10-17-8-3-2-4-9-17/h2-15H,1H3/b10-6+,14-13+,19-12-. The fraction of sp³-hybridized carbons (Fsp3) is 0.0476. The average Bonchev–Trinajstić information content (AvgIpc) is 2.94. The molecule has 3 rings (SSSR count). The fourth-order valence-corrected chi connectivity index (χ4v) is 2.27. The van der Waals surface area contributed by atoms with Gasteiger partial charge in [0.15, 0.2) is 5.70 Å². The van der Waals surface area contributed by atoms with Crippen molar-refractivity contribution in [1.82, 2.24) is 0 Å². The monoisotopic (exact) mass is 315 g/mol. The minimum absolute atomic E-state index is 0.297. The van der Waals surface area contributed by atoms with Crippen LogP contribution < -0.4 is 0 Å². The molecule has 0 unspecified atom stereocenters. The Morgan fingerprint density at radius 1 is 0.917 bits per heavy atom. The zero-order chi connectivity index (χ0) is 16.8. The van der Waals surface area contributed by atoms with Gasteiger partial charge >= 0.3 is 5.97 Å². The second kappa shape index (κ2) is 7.38. The number of cyclic esters (lactones) is 1. The SMILES string of the molecule is Cc1cccc(/C=C/C2=NC(=C\C=C\c3ccccc3)/C(=O)O2)c1. The molecule has 1 heterocycles. The summed E-state index contributed by atoms with van der Waals surface area (Å²) in [5, 5.41) is 0. The topological polar surface area (TPSA) is 38.7 Å². The van der Waals surface area contributed by atoms with E-state index in [9.17, 15) is 4.79 Å². The van der Waals surface area contributed by atoms with Crippen molar-refractivity contribution >= 4 is 24.0 Å². The summed E-state index contributed by atoms with van der Waals surface area (Å²) in [7, 11) is 0. The lowest BCUT2D eigenvalue weighted by Gasteiger charge is -1.95. The molecule has 2 aromatic carbocycles. The molecule has 1 aliphatic rings. The van der Waals surface area contributed by atoms with Gasteiger partial charge in [0, 0.05) is 6.08 Å². The van der Waals surface area contributed by atoms with Crippen molar-refractivity contribution in [3.8, 4) is 0 Å². The summed E-state index contributed by atoms with van der Waals surface area (Å²) >= 11 is 0. The van der Waals surface area contributed by atoms with Crippen LogP contribution in [0.1, 0.15) is 16.7 Å². The maximum Gasteiger partial charge on any atom is 0.363 e. The van der Waals surface area contributed by atoms with Crippen LogP contribution in [0.25, 0.3) is 12.2 Å². The highest BCUT2D eigenvalue weighted by Gasteiger charge is 2.20. The molecule has 118 valence electrons. The van der Waals surface area contributed by atoms with Crippen molar-refractivity contribution in [3.63, 3.8) is 0 Å². The Hall–Kier alpha value is -3.20. The number of nitrogens with zero attached hydrogens (tertiary/aromatic N) is 1. The number of hydrogen-bond acceptors (Lipinski definition) is 3. The van der Waals surface area contributed by atoms with Gasteiger partial charge < -0.3 is 4.74 Å². The Morgan fingerprint density at radius 2 is 1.71 bits per heavy atom. The average molecular weight is 315 g/mol. The molecule has 24 heavy (non-hydrogen) atoms. The van der Waals surface area contributed by atoms with Crippen LogP contribution >= 0.6 is 0 Å². The Morgan fingerprint density at radius 3 is 2.50 bits per heavy atom. The number of ether oxygens (including phenoxy) is 1. The van der Waals surface area contributed by atoms with Crippen LogP contribution in [0.3, 0.4) is 0 Å². The van der Waals surface area contributed by atoms with Crippen LogP contribution in [-0.2, 0) is 9.53 Å². The molecule has 0 aromatic heterocycles. The highest BCUT2D eigenvalue weighted by atomic mass is 16.6. The smallest absolute Gasteiger partial charge is 0.363 e. The van der Waals surface area contributed by atoms with Gasteiger partial charge in [0.25, 0.3) is 0 Å². The molecule has 0 aliphatic carbocycles. The first kappa shape index (κ1) is 15.7. The summed E-state index contributed by atoms with van der Waals surface area (Å²) in [6.07, 6.45) is 8.94. The third-order valence-corrected chi connectivity index (χ3v) is 3.44. The molecule has 0 bridgehead atoms. The van der Waals surface area contributed by atoms with Crippen LogP contribution in [0.15, 0.2) is 83.5 Å². The summed E-state index contributed by atoms with van der Waals surface area (Å²) in [5.74, 6) is -0.127. The Balaban J connectivity index is 1.71. The quantitative estimate of drug-likeness (QED) is 0.613. The Kier molecular flexibility index (Phi) is 4.82. The molecule has 2 aromatic rings. The molecule has 3 nitrogen and oxygen atoms in total. The van der Waals surface area contributed by atoms with Crippen molar-refractivity contribution in [2.75, 3.05) is 0 Å². The van der Waals surface area contributed by atoms with E-state index in [0.717, 1.165) is 11.1 Å². The summed E-state index contributed by atoms with van der Waals surface area (Å²) < 4.78 is 5.15. The van der Waals surface area contributed by atoms with Crippen molar-refractivity contribution in [3.05, 3.63) is 95.2 Å². The summed E-state index contributed by atoms with van der Waals surface area (Å²) in [6, 6.07) is 17.9. The van der Waals surface area contributed by atoms with Gasteiger partial charge in [-0.15, -0.1) is 0 Å². The molecule has 0 atom stereocenters. The van der Waals surface area contributed by atoms with E-state index in [1.54, 1.807) is 18.2 Å². The van der Waals surface area contributed by atoms with E-state index < -0.39 is 5.97 Å². The van der Waals surface area contributed by atoms with Crippen molar-refractivity contribution in [2.24, 2.45) is 4.99 Å². The number of allylic oxidation sites excluding steroid dienone is 2. The van der Waals surface area contributed by atoms with Crippen LogP contribution in [0.5, 0.6) is 0 Å². The minimum atomic E-state index is -0.434. The van der Waals surface area contributed by atoms with Gasteiger partial charge in [0.2, 0.25) is 5.90 Å². The lowest BCUT2D eigenvalue weighted by molar-refractivity contribution is -0.129. The fourth-order valence-electron chi connectivity index (χ4n) is 2.27. The van der Waals surface area contributed by atoms with Gasteiger partial charge in [-0.3, -0.25) is 0 Å². The summed E-state index contributed by atoms with van der Waals surface area (Å²) in [4.78, 5) is 16.0. The van der Waals surface area contributed by atoms with Gasteiger partial charge in [0.1, 0.15) is 0 Å². The molecule has 0 N–H and O–H groups in total. The first-order valence-corrected chi connectivity index (χ1v) is 7.70. The van der Waals surface area contributed by atoms with E-state index in [0.29, 0.717) is 11.6 Å². The Bertz CT molecular complexity index is 858. The third-order valence-electron chi connectivity index (χ3n) is 3.44. The highest BCUT2D eigenvalue weighted by Crippen LogP contribution is 2.14. The minimum Gasteiger partial charge on any atom is -0.403 e. The number of aliphatic imine (C=N–C) groups is 1. The van der Waals surface area contributed by atoms with Crippen molar-refractivity contribution in [1.29, 1.82) is 0 Å². The van der Waals surface area contributed by atoms with E-state index in [1.807, 2.05) is 73.7 Å². The van der Waals surface area contributed by atoms with Gasteiger partial charge in [0.05, 0.1) is 0 Å². The first-order chi connectivity index (χ1) is 11.7. The van der Waals surface area contributed by atoms with Crippen LogP contribution in [0.2, 0.25) is 0 Å². The number of rotatable bonds is 4. The second-order valence-electron chi connectivity index (χ2n) is 5.41. The Labute approximate surface area is 141 Å². The molecule has 0 saturated carbocycles. The number of aryl methyl sites for hydroxylation is 1. The van der Waals surface area contributed by atoms with E-state index in [1.165, 1.54) is 5.56 Å². The van der Waals surface area contributed by atoms with Gasteiger partial charge in [-0.2, -0.15) is 0 Å². The van der Waals surface area contributed by atoms with E-state index in [4.69, 9.17) is 4.74 Å². The molecular weight excluding hydrogens is 298 g/mol. The van der Waals surface area contributed by atoms with Crippen LogP contribution in [0.4, 0.5) is 0 Å². The molecule has 0 radical (unpaired) electrons. The predicted octanol–water partition coefficient (Wildman–Crippen LogP) is 4.56. The van der Waals surface area contributed by atoms with Crippen molar-refractivity contribution in [2.45, 2.75) is 6.92 Å². The van der Waals surface area contributed by atoms with Crippen molar-refractivity contribution < 1.29 is 9.53 Å². The number of carbonyl (C=O) groups is 1. The zero-order valence-electron chi connectivity index (χ0n) is 13.3. The van der Waals surface area contributed by atoms with Gasteiger partial charge in [-0.25, -0.2) is 9.79 Å². The third kappa shape index (κ3) is 4.17. The zero-order valence-corrected chi connectivity index (χ0v) is 13.3.